The molecule has 0 radical (unpaired) electrons. The molecule has 0 saturated heterocycles. The Kier molecular flexibility index (Phi) is 6.68. The van der Waals surface area contributed by atoms with Crippen LogP contribution in [0.5, 0.6) is 0 Å². The van der Waals surface area contributed by atoms with E-state index in [0.717, 1.165) is 10.0 Å². The summed E-state index contributed by atoms with van der Waals surface area (Å²) in [5.41, 5.74) is 1.68. The lowest BCUT2D eigenvalue weighted by atomic mass is 10.1. The first-order valence-electron chi connectivity index (χ1n) is 6.56. The van der Waals surface area contributed by atoms with Gasteiger partial charge in [0.05, 0.1) is 18.4 Å². The predicted molar refractivity (Wildman–Crippen MR) is 83.9 cm³/mol. The zero-order chi connectivity index (χ0) is 16.0. The molecular weight excluding hydrogens is 341 g/mol. The molecule has 0 bridgehead atoms. The molecule has 1 aromatic carbocycles. The second-order valence-corrected chi connectivity index (χ2v) is 5.20. The fourth-order valence-electron chi connectivity index (χ4n) is 1.74. The van der Waals surface area contributed by atoms with E-state index >= 15 is 0 Å². The van der Waals surface area contributed by atoms with E-state index in [-0.39, 0.29) is 5.88 Å². The van der Waals surface area contributed by atoms with Crippen molar-refractivity contribution in [3.05, 3.63) is 39.7 Å². The topological polar surface area (TPSA) is 47.6 Å². The minimum Gasteiger partial charge on any atom is -0.465 e. The fourth-order valence-corrected chi connectivity index (χ4v) is 2.07. The zero-order valence-corrected chi connectivity index (χ0v) is 14.1. The summed E-state index contributed by atoms with van der Waals surface area (Å²) < 4.78 is 23.7. The third-order valence-electron chi connectivity index (χ3n) is 2.73. The second-order valence-electron chi connectivity index (χ2n) is 4.35. The minimum absolute atomic E-state index is 0.263. The molecule has 0 saturated carbocycles. The highest BCUT2D eigenvalue weighted by molar-refractivity contribution is 9.10. The molecule has 0 fully saturated rings. The van der Waals surface area contributed by atoms with Crippen LogP contribution in [0.4, 0.5) is 10.1 Å². The SMILES string of the molecule is CC/C=C(/Nc1c(C(=O)OC)ccc(Br)c1C)OC(C)F. The molecule has 1 unspecified atom stereocenters. The fraction of sp³-hybridized carbons (Fsp3) is 0.400. The van der Waals surface area contributed by atoms with E-state index in [1.54, 1.807) is 18.2 Å². The Balaban J connectivity index is 3.23. The molecule has 21 heavy (non-hydrogen) atoms. The summed E-state index contributed by atoms with van der Waals surface area (Å²) in [7, 11) is 1.31. The van der Waals surface area contributed by atoms with Crippen molar-refractivity contribution in [2.45, 2.75) is 33.5 Å². The largest absolute Gasteiger partial charge is 0.465 e. The number of halogens is 2. The number of rotatable bonds is 6. The quantitative estimate of drug-likeness (QED) is 0.598. The summed E-state index contributed by atoms with van der Waals surface area (Å²) in [6.45, 7) is 5.03. The second kappa shape index (κ2) is 8.02. The monoisotopic (exact) mass is 359 g/mol. The molecule has 0 spiro atoms. The van der Waals surface area contributed by atoms with Crippen LogP contribution in [-0.4, -0.2) is 19.4 Å². The highest BCUT2D eigenvalue weighted by atomic mass is 79.9. The number of alkyl halides is 1. The smallest absolute Gasteiger partial charge is 0.339 e. The maximum atomic E-state index is 13.1. The summed E-state index contributed by atoms with van der Waals surface area (Å²) in [6, 6.07) is 3.39. The average Bonchev–Trinajstić information content (AvgIpc) is 2.43. The number of nitrogens with one attached hydrogen (secondary N) is 1. The Morgan fingerprint density at radius 2 is 2.19 bits per heavy atom. The van der Waals surface area contributed by atoms with Crippen molar-refractivity contribution < 1.29 is 18.7 Å². The third kappa shape index (κ3) is 4.74. The molecule has 0 aliphatic heterocycles. The molecule has 1 N–H and O–H groups in total. The Morgan fingerprint density at radius 1 is 1.52 bits per heavy atom. The molecule has 1 aromatic rings. The van der Waals surface area contributed by atoms with Gasteiger partial charge >= 0.3 is 5.97 Å². The van der Waals surface area contributed by atoms with Crippen molar-refractivity contribution in [2.75, 3.05) is 12.4 Å². The number of anilines is 1. The van der Waals surface area contributed by atoms with Crippen LogP contribution in [0.2, 0.25) is 0 Å². The molecule has 1 rings (SSSR count). The van der Waals surface area contributed by atoms with Crippen LogP contribution in [0.3, 0.4) is 0 Å². The highest BCUT2D eigenvalue weighted by Crippen LogP contribution is 2.30. The van der Waals surface area contributed by atoms with Crippen LogP contribution in [0.25, 0.3) is 0 Å². The normalized spacial score (nSPS) is 12.8. The van der Waals surface area contributed by atoms with Crippen LogP contribution in [0.1, 0.15) is 36.2 Å². The van der Waals surface area contributed by atoms with Gasteiger partial charge in [0.1, 0.15) is 0 Å². The van der Waals surface area contributed by atoms with E-state index in [4.69, 9.17) is 9.47 Å². The van der Waals surface area contributed by atoms with Crippen LogP contribution in [0.15, 0.2) is 28.6 Å². The van der Waals surface area contributed by atoms with Crippen molar-refractivity contribution >= 4 is 27.6 Å². The molecule has 0 aliphatic rings. The molecule has 1 atom stereocenters. The molecule has 0 heterocycles. The Bertz CT molecular complexity index is 544. The average molecular weight is 360 g/mol. The van der Waals surface area contributed by atoms with Gasteiger partial charge in [0.2, 0.25) is 6.36 Å². The maximum Gasteiger partial charge on any atom is 0.339 e. The van der Waals surface area contributed by atoms with Gasteiger partial charge in [-0.2, -0.15) is 0 Å². The molecule has 0 amide bonds. The molecule has 116 valence electrons. The summed E-state index contributed by atoms with van der Waals surface area (Å²) >= 11 is 3.40. The van der Waals surface area contributed by atoms with Crippen molar-refractivity contribution in [3.63, 3.8) is 0 Å². The lowest BCUT2D eigenvalue weighted by molar-refractivity contribution is 0.0243. The number of carbonyl (C=O) groups excluding carboxylic acids is 1. The first-order chi connectivity index (χ1) is 9.90. The van der Waals surface area contributed by atoms with Crippen LogP contribution >= 0.6 is 15.9 Å². The number of hydrogen-bond acceptors (Lipinski definition) is 4. The van der Waals surface area contributed by atoms with Crippen molar-refractivity contribution in [3.8, 4) is 0 Å². The number of hydrogen-bond donors (Lipinski definition) is 1. The maximum absolute atomic E-state index is 13.1. The van der Waals surface area contributed by atoms with Crippen LogP contribution in [0, 0.1) is 6.92 Å². The third-order valence-corrected chi connectivity index (χ3v) is 3.59. The van der Waals surface area contributed by atoms with Gasteiger partial charge in [0, 0.05) is 11.4 Å². The lowest BCUT2D eigenvalue weighted by Gasteiger charge is -2.18. The first-order valence-corrected chi connectivity index (χ1v) is 7.35. The van der Waals surface area contributed by atoms with Crippen LogP contribution < -0.4 is 5.32 Å². The van der Waals surface area contributed by atoms with Gasteiger partial charge in [-0.3, -0.25) is 0 Å². The van der Waals surface area contributed by atoms with Gasteiger partial charge in [-0.1, -0.05) is 22.9 Å². The number of allylic oxidation sites excluding steroid dienone is 1. The van der Waals surface area contributed by atoms with E-state index in [9.17, 15) is 9.18 Å². The Morgan fingerprint density at radius 3 is 2.71 bits per heavy atom. The lowest BCUT2D eigenvalue weighted by Crippen LogP contribution is -2.14. The van der Waals surface area contributed by atoms with Gasteiger partial charge in [0.25, 0.3) is 0 Å². The number of methoxy groups -OCH3 is 1. The Labute approximate surface area is 132 Å². The van der Waals surface area contributed by atoms with Gasteiger partial charge < -0.3 is 14.8 Å². The van der Waals surface area contributed by atoms with Crippen molar-refractivity contribution in [1.82, 2.24) is 0 Å². The van der Waals surface area contributed by atoms with Gasteiger partial charge in [-0.15, -0.1) is 0 Å². The van der Waals surface area contributed by atoms with E-state index in [1.165, 1.54) is 14.0 Å². The van der Waals surface area contributed by atoms with Crippen LogP contribution in [-0.2, 0) is 9.47 Å². The van der Waals surface area contributed by atoms with E-state index < -0.39 is 12.3 Å². The summed E-state index contributed by atoms with van der Waals surface area (Å²) in [5, 5.41) is 2.97. The number of esters is 1. The molecule has 0 aliphatic carbocycles. The van der Waals surface area contributed by atoms with Crippen molar-refractivity contribution in [1.29, 1.82) is 0 Å². The van der Waals surface area contributed by atoms with Gasteiger partial charge in [-0.25, -0.2) is 9.18 Å². The minimum atomic E-state index is -1.45. The molecule has 0 aromatic heterocycles. The van der Waals surface area contributed by atoms with Gasteiger partial charge in [0.15, 0.2) is 5.88 Å². The van der Waals surface area contributed by atoms with E-state index in [2.05, 4.69) is 21.2 Å². The van der Waals surface area contributed by atoms with E-state index in [1.807, 2.05) is 13.8 Å². The summed E-state index contributed by atoms with van der Waals surface area (Å²) in [4.78, 5) is 11.8. The predicted octanol–water partition coefficient (Wildman–Crippen LogP) is 4.54. The standard InChI is InChI=1S/C15H19BrFNO3/c1-5-6-13(21-10(3)17)18-14-9(2)12(16)8-7-11(14)15(19)20-4/h6-8,10,18H,5H2,1-4H3/b13-6-. The molecule has 6 heteroatoms. The highest BCUT2D eigenvalue weighted by Gasteiger charge is 2.17. The Hall–Kier alpha value is -1.56. The number of carbonyl (C=O) groups is 1. The molecule has 4 nitrogen and oxygen atoms in total. The van der Waals surface area contributed by atoms with Crippen molar-refractivity contribution in [2.24, 2.45) is 0 Å². The molecular formula is C15H19BrFNO3. The zero-order valence-electron chi connectivity index (χ0n) is 12.5. The summed E-state index contributed by atoms with van der Waals surface area (Å²) in [5.74, 6) is -0.212. The van der Waals surface area contributed by atoms with E-state index in [0.29, 0.717) is 17.7 Å². The first kappa shape index (κ1) is 17.5. The number of ether oxygens (including phenoxy) is 2. The van der Waals surface area contributed by atoms with Gasteiger partial charge in [-0.05, 0) is 37.1 Å². The summed E-state index contributed by atoms with van der Waals surface area (Å²) in [6.07, 6.45) is 0.914. The number of benzene rings is 1.